The van der Waals surface area contributed by atoms with Gasteiger partial charge in [0.05, 0.1) is 29.6 Å². The van der Waals surface area contributed by atoms with Crippen LogP contribution in [0.15, 0.2) is 102 Å². The molecular formula is C33H26N4O4S. The third-order valence-electron chi connectivity index (χ3n) is 7.01. The SMILES string of the molecule is COc1ccc(-c2nc(SC(CC(=O)c3ccc4ccccc4c3)C(=O)O)nc3c2c(C)nn3-c2ccccc2)cc1. The topological polar surface area (TPSA) is 107 Å². The first-order valence-corrected chi connectivity index (χ1v) is 14.2. The van der Waals surface area contributed by atoms with Crippen LogP contribution in [0.5, 0.6) is 5.75 Å². The number of para-hydroxylation sites is 1. The second-order valence-corrected chi connectivity index (χ2v) is 10.9. The first kappa shape index (κ1) is 27.2. The molecule has 1 unspecified atom stereocenters. The van der Waals surface area contributed by atoms with Gasteiger partial charge in [-0.15, -0.1) is 0 Å². The molecule has 0 saturated carbocycles. The van der Waals surface area contributed by atoms with Gasteiger partial charge < -0.3 is 9.84 Å². The number of hydrogen-bond acceptors (Lipinski definition) is 7. The van der Waals surface area contributed by atoms with Crippen molar-refractivity contribution in [3.8, 4) is 22.7 Å². The molecule has 0 spiro atoms. The summed E-state index contributed by atoms with van der Waals surface area (Å²) in [6.07, 6.45) is -0.214. The summed E-state index contributed by atoms with van der Waals surface area (Å²) in [6, 6.07) is 30.2. The summed E-state index contributed by atoms with van der Waals surface area (Å²) < 4.78 is 7.06. The van der Waals surface area contributed by atoms with Crippen LogP contribution in [0.1, 0.15) is 22.5 Å². The number of Topliss-reactive ketones (excluding diaryl/α,β-unsaturated/α-hetero) is 1. The molecule has 0 aliphatic rings. The molecule has 9 heteroatoms. The number of nitrogens with zero attached hydrogens (tertiary/aromatic N) is 4. The van der Waals surface area contributed by atoms with Crippen LogP contribution in [0, 0.1) is 6.92 Å². The summed E-state index contributed by atoms with van der Waals surface area (Å²) in [5.74, 6) is -0.674. The Hall–Kier alpha value is -5.02. The van der Waals surface area contributed by atoms with E-state index < -0.39 is 11.2 Å². The minimum Gasteiger partial charge on any atom is -0.497 e. The number of carbonyl (C=O) groups is 2. The van der Waals surface area contributed by atoms with Crippen molar-refractivity contribution >= 4 is 45.3 Å². The minimum absolute atomic E-state index is 0.214. The number of aliphatic carboxylic acids is 1. The lowest BCUT2D eigenvalue weighted by Crippen LogP contribution is -2.21. The Morgan fingerprint density at radius 2 is 1.62 bits per heavy atom. The number of fused-ring (bicyclic) bond motifs is 2. The number of ketones is 1. The molecule has 208 valence electrons. The highest BCUT2D eigenvalue weighted by Crippen LogP contribution is 2.34. The van der Waals surface area contributed by atoms with Gasteiger partial charge in [-0.3, -0.25) is 9.59 Å². The maximum absolute atomic E-state index is 13.3. The van der Waals surface area contributed by atoms with Crippen LogP contribution in [0.25, 0.3) is 38.8 Å². The van der Waals surface area contributed by atoms with Crippen LogP contribution < -0.4 is 4.74 Å². The standard InChI is InChI=1S/C33H26N4O4S/c1-20-29-30(22-14-16-26(41-2)17-15-22)34-33(35-31(29)37(36-20)25-10-4-3-5-11-25)42-28(32(39)40)19-27(38)24-13-12-21-8-6-7-9-23(21)18-24/h3-18,28H,19H2,1-2H3,(H,39,40). The molecule has 0 amide bonds. The maximum atomic E-state index is 13.3. The van der Waals surface area contributed by atoms with E-state index in [0.29, 0.717) is 22.7 Å². The fraction of sp³-hybridized carbons (Fsp3) is 0.121. The zero-order valence-corrected chi connectivity index (χ0v) is 23.7. The number of benzene rings is 4. The summed E-state index contributed by atoms with van der Waals surface area (Å²) in [5.41, 5.74) is 3.99. The normalized spacial score (nSPS) is 12.0. The Bertz CT molecular complexity index is 1940. The van der Waals surface area contributed by atoms with E-state index in [0.717, 1.165) is 44.9 Å². The largest absolute Gasteiger partial charge is 0.497 e. The van der Waals surface area contributed by atoms with Crippen LogP contribution >= 0.6 is 11.8 Å². The van der Waals surface area contributed by atoms with Crippen molar-refractivity contribution in [2.75, 3.05) is 7.11 Å². The monoisotopic (exact) mass is 574 g/mol. The van der Waals surface area contributed by atoms with Crippen molar-refractivity contribution in [2.24, 2.45) is 0 Å². The summed E-state index contributed by atoms with van der Waals surface area (Å²) >= 11 is 0.960. The highest BCUT2D eigenvalue weighted by atomic mass is 32.2. The predicted octanol–water partition coefficient (Wildman–Crippen LogP) is 6.77. The number of aryl methyl sites for hydroxylation is 1. The summed E-state index contributed by atoms with van der Waals surface area (Å²) in [6.45, 7) is 1.90. The molecule has 0 radical (unpaired) electrons. The van der Waals surface area contributed by atoms with E-state index in [4.69, 9.17) is 19.8 Å². The molecule has 1 atom stereocenters. The number of carboxylic acids is 1. The third-order valence-corrected chi connectivity index (χ3v) is 8.06. The van der Waals surface area contributed by atoms with Crippen LogP contribution in [0.2, 0.25) is 0 Å². The minimum atomic E-state index is -1.11. The molecule has 2 aromatic heterocycles. The molecule has 0 aliphatic carbocycles. The van der Waals surface area contributed by atoms with Crippen molar-refractivity contribution in [1.82, 2.24) is 19.7 Å². The Morgan fingerprint density at radius 1 is 0.905 bits per heavy atom. The van der Waals surface area contributed by atoms with Crippen molar-refractivity contribution in [1.29, 1.82) is 0 Å². The number of carboxylic acid groups (broad SMARTS) is 1. The summed E-state index contributed by atoms with van der Waals surface area (Å²) in [4.78, 5) is 35.3. The van der Waals surface area contributed by atoms with Crippen LogP contribution in [-0.4, -0.2) is 49.0 Å². The first-order chi connectivity index (χ1) is 20.4. The Labute approximate surface area is 246 Å². The highest BCUT2D eigenvalue weighted by Gasteiger charge is 2.27. The lowest BCUT2D eigenvalue weighted by molar-refractivity contribution is -0.136. The molecule has 42 heavy (non-hydrogen) atoms. The van der Waals surface area contributed by atoms with Crippen LogP contribution in [0.3, 0.4) is 0 Å². The summed E-state index contributed by atoms with van der Waals surface area (Å²) in [5, 5.41) is 16.7. The fourth-order valence-electron chi connectivity index (χ4n) is 4.88. The maximum Gasteiger partial charge on any atom is 0.317 e. The van der Waals surface area contributed by atoms with Crippen LogP contribution in [0.4, 0.5) is 0 Å². The van der Waals surface area contributed by atoms with Gasteiger partial charge in [0.2, 0.25) is 0 Å². The molecule has 6 rings (SSSR count). The quantitative estimate of drug-likeness (QED) is 0.115. The van der Waals surface area contributed by atoms with E-state index in [1.54, 1.807) is 23.9 Å². The van der Waals surface area contributed by atoms with Gasteiger partial charge in [0, 0.05) is 17.5 Å². The van der Waals surface area contributed by atoms with Gasteiger partial charge in [-0.25, -0.2) is 14.6 Å². The van der Waals surface area contributed by atoms with E-state index in [1.807, 2.05) is 91.9 Å². The Kier molecular flexibility index (Phi) is 7.41. The first-order valence-electron chi connectivity index (χ1n) is 13.3. The molecular weight excluding hydrogens is 548 g/mol. The predicted molar refractivity (Wildman–Crippen MR) is 164 cm³/mol. The Balaban J connectivity index is 1.41. The van der Waals surface area contributed by atoms with E-state index in [2.05, 4.69) is 0 Å². The number of thioether (sulfide) groups is 1. The van der Waals surface area contributed by atoms with Crippen molar-refractivity contribution < 1.29 is 19.4 Å². The van der Waals surface area contributed by atoms with Crippen molar-refractivity contribution in [3.63, 3.8) is 0 Å². The number of ether oxygens (including phenoxy) is 1. The average molecular weight is 575 g/mol. The number of carbonyl (C=O) groups excluding carboxylic acids is 1. The van der Waals surface area contributed by atoms with E-state index >= 15 is 0 Å². The number of rotatable bonds is 9. The molecule has 2 heterocycles. The smallest absolute Gasteiger partial charge is 0.317 e. The Morgan fingerprint density at radius 3 is 2.33 bits per heavy atom. The molecule has 6 aromatic rings. The molecule has 0 aliphatic heterocycles. The second-order valence-electron chi connectivity index (χ2n) is 9.75. The lowest BCUT2D eigenvalue weighted by Gasteiger charge is -2.13. The number of methoxy groups -OCH3 is 1. The number of hydrogen-bond donors (Lipinski definition) is 1. The van der Waals surface area contributed by atoms with Gasteiger partial charge in [0.25, 0.3) is 0 Å². The molecule has 1 N–H and O–H groups in total. The van der Waals surface area contributed by atoms with Gasteiger partial charge >= 0.3 is 5.97 Å². The molecule has 0 fully saturated rings. The van der Waals surface area contributed by atoms with Gasteiger partial charge in [-0.1, -0.05) is 66.4 Å². The molecule has 0 bridgehead atoms. The molecule has 0 saturated heterocycles. The zero-order chi connectivity index (χ0) is 29.2. The van der Waals surface area contributed by atoms with Crippen LogP contribution in [-0.2, 0) is 4.79 Å². The van der Waals surface area contributed by atoms with Crippen molar-refractivity contribution in [3.05, 3.63) is 108 Å². The molecule has 4 aromatic carbocycles. The van der Waals surface area contributed by atoms with Gasteiger partial charge in [0.15, 0.2) is 16.6 Å². The van der Waals surface area contributed by atoms with E-state index in [9.17, 15) is 14.7 Å². The van der Waals surface area contributed by atoms with E-state index in [1.165, 1.54) is 0 Å². The van der Waals surface area contributed by atoms with Gasteiger partial charge in [0.1, 0.15) is 11.0 Å². The van der Waals surface area contributed by atoms with Gasteiger partial charge in [-0.2, -0.15) is 5.10 Å². The van der Waals surface area contributed by atoms with E-state index in [-0.39, 0.29) is 17.4 Å². The second kappa shape index (κ2) is 11.5. The summed E-state index contributed by atoms with van der Waals surface area (Å²) in [7, 11) is 1.60. The lowest BCUT2D eigenvalue weighted by atomic mass is 10.0. The highest BCUT2D eigenvalue weighted by molar-refractivity contribution is 8.00. The average Bonchev–Trinajstić information content (AvgIpc) is 3.36. The van der Waals surface area contributed by atoms with Gasteiger partial charge in [-0.05, 0) is 60.2 Å². The zero-order valence-electron chi connectivity index (χ0n) is 22.9. The number of aromatic nitrogens is 4. The third kappa shape index (κ3) is 5.34. The fourth-order valence-corrected chi connectivity index (χ4v) is 5.75. The molecule has 8 nitrogen and oxygen atoms in total. The van der Waals surface area contributed by atoms with Crippen molar-refractivity contribution in [2.45, 2.75) is 23.8 Å².